The van der Waals surface area contributed by atoms with Crippen LogP contribution >= 0.6 is 11.6 Å². The maximum absolute atomic E-state index is 13.1. The number of para-hydroxylation sites is 1. The van der Waals surface area contributed by atoms with Gasteiger partial charge in [0.15, 0.2) is 0 Å². The molecule has 7 nitrogen and oxygen atoms in total. The van der Waals surface area contributed by atoms with E-state index >= 15 is 0 Å². The zero-order valence-electron chi connectivity index (χ0n) is 15.7. The molecule has 0 fully saturated rings. The number of halogens is 1. The van der Waals surface area contributed by atoms with E-state index in [9.17, 15) is 19.7 Å². The molecule has 0 saturated carbocycles. The van der Waals surface area contributed by atoms with Gasteiger partial charge in [0.2, 0.25) is 11.8 Å². The van der Waals surface area contributed by atoms with Crippen LogP contribution in [0.15, 0.2) is 48.5 Å². The molecule has 2 amide bonds. The highest BCUT2D eigenvalue weighted by Gasteiger charge is 2.29. The van der Waals surface area contributed by atoms with E-state index < -0.39 is 11.0 Å². The number of rotatable bonds is 8. The molecule has 0 aromatic heterocycles. The third-order valence-corrected chi connectivity index (χ3v) is 4.83. The Morgan fingerprint density at radius 3 is 2.32 bits per heavy atom. The van der Waals surface area contributed by atoms with Gasteiger partial charge in [-0.15, -0.1) is 0 Å². The van der Waals surface area contributed by atoms with Crippen LogP contribution in [0.4, 0.5) is 5.69 Å². The van der Waals surface area contributed by atoms with Crippen LogP contribution in [0.25, 0.3) is 0 Å². The summed E-state index contributed by atoms with van der Waals surface area (Å²) in [6, 6.07) is 12.5. The highest BCUT2D eigenvalue weighted by Crippen LogP contribution is 2.23. The molecular formula is C20H22ClN3O4. The number of nitrogens with zero attached hydrogens (tertiary/aromatic N) is 2. The maximum Gasteiger partial charge on any atom is 0.273 e. The first-order valence-electron chi connectivity index (χ1n) is 8.85. The Bertz CT molecular complexity index is 872. The predicted octanol–water partition coefficient (Wildman–Crippen LogP) is 3.34. The number of nitrogens with one attached hydrogen (secondary N) is 1. The zero-order chi connectivity index (χ0) is 20.7. The number of benzene rings is 2. The molecule has 2 aromatic rings. The average Bonchev–Trinajstić information content (AvgIpc) is 2.69. The second-order valence-corrected chi connectivity index (χ2v) is 6.62. The summed E-state index contributed by atoms with van der Waals surface area (Å²) >= 11 is 6.23. The molecule has 0 bridgehead atoms. The summed E-state index contributed by atoms with van der Waals surface area (Å²) in [5.41, 5.74) is 0.873. The van der Waals surface area contributed by atoms with Crippen molar-refractivity contribution in [2.45, 2.75) is 32.4 Å². The normalized spacial score (nSPS) is 11.5. The minimum absolute atomic E-state index is 0.124. The van der Waals surface area contributed by atoms with Crippen molar-refractivity contribution >= 4 is 29.1 Å². The minimum atomic E-state index is -0.712. The monoisotopic (exact) mass is 403 g/mol. The summed E-state index contributed by atoms with van der Waals surface area (Å²) in [5, 5.41) is 14.3. The molecule has 0 saturated heterocycles. The summed E-state index contributed by atoms with van der Waals surface area (Å²) < 4.78 is 0. The first kappa shape index (κ1) is 21.4. The Balaban J connectivity index is 2.37. The molecule has 28 heavy (non-hydrogen) atoms. The molecular weight excluding hydrogens is 382 g/mol. The topological polar surface area (TPSA) is 92.6 Å². The minimum Gasteiger partial charge on any atom is -0.357 e. The summed E-state index contributed by atoms with van der Waals surface area (Å²) in [5.74, 6) is -0.685. The van der Waals surface area contributed by atoms with Crippen LogP contribution in [0.2, 0.25) is 5.02 Å². The Labute approximate surface area is 168 Å². The Hall–Kier alpha value is -2.93. The standard InChI is InChI=1S/C20H22ClN3O4/c1-3-17(20(26)22-2)23(13-15-9-4-6-10-16(15)21)19(25)12-14-8-5-7-11-18(14)24(27)28/h4-11,17H,3,12-13H2,1-2H3,(H,22,26). The molecule has 8 heteroatoms. The highest BCUT2D eigenvalue weighted by atomic mass is 35.5. The van der Waals surface area contributed by atoms with E-state index in [2.05, 4.69) is 5.32 Å². The van der Waals surface area contributed by atoms with E-state index in [0.717, 1.165) is 0 Å². The average molecular weight is 404 g/mol. The molecule has 1 N–H and O–H groups in total. The van der Waals surface area contributed by atoms with E-state index in [-0.39, 0.29) is 30.5 Å². The number of amides is 2. The number of carbonyl (C=O) groups is 2. The van der Waals surface area contributed by atoms with E-state index in [4.69, 9.17) is 11.6 Å². The van der Waals surface area contributed by atoms with Gasteiger partial charge < -0.3 is 10.2 Å². The van der Waals surface area contributed by atoms with Crippen molar-refractivity contribution < 1.29 is 14.5 Å². The quantitative estimate of drug-likeness (QED) is 0.540. The van der Waals surface area contributed by atoms with Crippen molar-refractivity contribution in [1.82, 2.24) is 10.2 Å². The van der Waals surface area contributed by atoms with Crippen molar-refractivity contribution in [1.29, 1.82) is 0 Å². The number of carbonyl (C=O) groups excluding carboxylic acids is 2. The summed E-state index contributed by atoms with van der Waals surface area (Å²) in [6.07, 6.45) is 0.210. The fourth-order valence-corrected chi connectivity index (χ4v) is 3.19. The van der Waals surface area contributed by atoms with Gasteiger partial charge in [0.1, 0.15) is 6.04 Å². The van der Waals surface area contributed by atoms with Crippen LogP contribution in [-0.4, -0.2) is 34.7 Å². The van der Waals surface area contributed by atoms with Gasteiger partial charge in [-0.3, -0.25) is 19.7 Å². The molecule has 0 aliphatic rings. The highest BCUT2D eigenvalue weighted by molar-refractivity contribution is 6.31. The van der Waals surface area contributed by atoms with Crippen LogP contribution in [0.5, 0.6) is 0 Å². The van der Waals surface area contributed by atoms with Gasteiger partial charge in [0.05, 0.1) is 11.3 Å². The summed E-state index contributed by atoms with van der Waals surface area (Å²) in [7, 11) is 1.51. The van der Waals surface area contributed by atoms with Gasteiger partial charge in [-0.05, 0) is 18.1 Å². The number of hydrogen-bond acceptors (Lipinski definition) is 4. The second-order valence-electron chi connectivity index (χ2n) is 6.21. The second kappa shape index (κ2) is 9.85. The first-order chi connectivity index (χ1) is 13.4. The van der Waals surface area contributed by atoms with E-state index in [0.29, 0.717) is 22.6 Å². The SMILES string of the molecule is CCC(C(=O)NC)N(Cc1ccccc1Cl)C(=O)Cc1ccccc1[N+](=O)[O-]. The lowest BCUT2D eigenvalue weighted by molar-refractivity contribution is -0.385. The number of nitro groups is 1. The largest absolute Gasteiger partial charge is 0.357 e. The smallest absolute Gasteiger partial charge is 0.273 e. The zero-order valence-corrected chi connectivity index (χ0v) is 16.5. The van der Waals surface area contributed by atoms with Crippen LogP contribution in [0.1, 0.15) is 24.5 Å². The van der Waals surface area contributed by atoms with Crippen molar-refractivity contribution in [3.05, 3.63) is 74.8 Å². The fourth-order valence-electron chi connectivity index (χ4n) is 3.00. The molecule has 0 aliphatic carbocycles. The van der Waals surface area contributed by atoms with Crippen LogP contribution < -0.4 is 5.32 Å². The van der Waals surface area contributed by atoms with E-state index in [1.54, 1.807) is 49.4 Å². The van der Waals surface area contributed by atoms with Crippen molar-refractivity contribution in [3.8, 4) is 0 Å². The Morgan fingerprint density at radius 2 is 1.75 bits per heavy atom. The van der Waals surface area contributed by atoms with Crippen LogP contribution in [-0.2, 0) is 22.6 Å². The molecule has 2 aromatic carbocycles. The van der Waals surface area contributed by atoms with Crippen molar-refractivity contribution in [2.75, 3.05) is 7.05 Å². The van der Waals surface area contributed by atoms with Gasteiger partial charge in [-0.25, -0.2) is 0 Å². The summed E-state index contributed by atoms with van der Waals surface area (Å²) in [4.78, 5) is 37.6. The number of nitro benzene ring substituents is 1. The lowest BCUT2D eigenvalue weighted by Crippen LogP contribution is -2.48. The summed E-state index contributed by atoms with van der Waals surface area (Å²) in [6.45, 7) is 1.93. The van der Waals surface area contributed by atoms with Gasteiger partial charge in [0.25, 0.3) is 5.69 Å². The molecule has 0 spiro atoms. The molecule has 0 aliphatic heterocycles. The van der Waals surface area contributed by atoms with Crippen LogP contribution in [0, 0.1) is 10.1 Å². The predicted molar refractivity (Wildman–Crippen MR) is 107 cm³/mol. The third-order valence-electron chi connectivity index (χ3n) is 4.46. The molecule has 1 atom stereocenters. The number of likely N-dealkylation sites (N-methyl/N-ethyl adjacent to an activating group) is 1. The fraction of sp³-hybridized carbons (Fsp3) is 0.300. The molecule has 1 unspecified atom stereocenters. The molecule has 2 rings (SSSR count). The van der Waals surface area contributed by atoms with Crippen LogP contribution in [0.3, 0.4) is 0 Å². The lowest BCUT2D eigenvalue weighted by Gasteiger charge is -2.30. The number of hydrogen-bond donors (Lipinski definition) is 1. The van der Waals surface area contributed by atoms with E-state index in [1.807, 2.05) is 0 Å². The van der Waals surface area contributed by atoms with Gasteiger partial charge in [-0.1, -0.05) is 54.9 Å². The van der Waals surface area contributed by atoms with E-state index in [1.165, 1.54) is 18.0 Å². The Morgan fingerprint density at radius 1 is 1.14 bits per heavy atom. The van der Waals surface area contributed by atoms with Gasteiger partial charge in [-0.2, -0.15) is 0 Å². The lowest BCUT2D eigenvalue weighted by atomic mass is 10.1. The third kappa shape index (κ3) is 5.07. The van der Waals surface area contributed by atoms with Gasteiger partial charge in [0, 0.05) is 30.2 Å². The van der Waals surface area contributed by atoms with Crippen molar-refractivity contribution in [2.24, 2.45) is 0 Å². The maximum atomic E-state index is 13.1. The van der Waals surface area contributed by atoms with Gasteiger partial charge >= 0.3 is 0 Å². The molecule has 0 heterocycles. The Kier molecular flexibility index (Phi) is 7.52. The molecule has 0 radical (unpaired) electrons. The van der Waals surface area contributed by atoms with Crippen molar-refractivity contribution in [3.63, 3.8) is 0 Å². The first-order valence-corrected chi connectivity index (χ1v) is 9.23. The molecule has 148 valence electrons.